The number of carbonyl (C=O) groups excluding carboxylic acids is 2. The minimum Gasteiger partial charge on any atom is -0.385 e. The molecule has 0 spiro atoms. The lowest BCUT2D eigenvalue weighted by molar-refractivity contribution is -0.120. The van der Waals surface area contributed by atoms with Gasteiger partial charge in [-0.3, -0.25) is 14.6 Å². The van der Waals surface area contributed by atoms with E-state index in [1.807, 2.05) is 0 Å². The summed E-state index contributed by atoms with van der Waals surface area (Å²) in [5, 5.41) is 2.53. The van der Waals surface area contributed by atoms with E-state index in [2.05, 4.69) is 15.3 Å². The van der Waals surface area contributed by atoms with E-state index in [0.717, 1.165) is 0 Å². The van der Waals surface area contributed by atoms with Crippen molar-refractivity contribution in [3.05, 3.63) is 24.0 Å². The molecule has 0 aliphatic heterocycles. The predicted molar refractivity (Wildman–Crippen MR) is 72.9 cm³/mol. The maximum Gasteiger partial charge on any atom is 0.253 e. The highest BCUT2D eigenvalue weighted by molar-refractivity contribution is 5.97. The monoisotopic (exact) mass is 283 g/mol. The van der Waals surface area contributed by atoms with Crippen LogP contribution in [-0.4, -0.2) is 41.9 Å². The number of amidine groups is 1. The Labute approximate surface area is 115 Å². The van der Waals surface area contributed by atoms with Gasteiger partial charge in [0, 0.05) is 18.9 Å². The maximum absolute atomic E-state index is 12.0. The quantitative estimate of drug-likeness (QED) is 0.297. The number of halogens is 1. The van der Waals surface area contributed by atoms with Gasteiger partial charge < -0.3 is 21.8 Å². The molecule has 0 fully saturated rings. The number of aliphatic imine (C=N–C) groups is 1. The number of nitrogens with zero attached hydrogens (tertiary/aromatic N) is 1. The van der Waals surface area contributed by atoms with Gasteiger partial charge in [-0.1, -0.05) is 0 Å². The molecule has 1 aromatic rings. The number of carbonyl (C=O) groups is 2. The zero-order valence-electron chi connectivity index (χ0n) is 10.9. The van der Waals surface area contributed by atoms with E-state index in [9.17, 15) is 14.0 Å². The van der Waals surface area contributed by atoms with Crippen molar-refractivity contribution in [3.8, 4) is 0 Å². The third-order valence-electron chi connectivity index (χ3n) is 2.61. The molecule has 1 rings (SSSR count). The van der Waals surface area contributed by atoms with Gasteiger partial charge in [0.05, 0.1) is 5.56 Å². The first kappa shape index (κ1) is 15.7. The van der Waals surface area contributed by atoms with Crippen LogP contribution in [0.25, 0.3) is 0 Å². The van der Waals surface area contributed by atoms with Gasteiger partial charge in [0.25, 0.3) is 5.91 Å². The number of rotatable bonds is 8. The van der Waals surface area contributed by atoms with E-state index in [1.54, 1.807) is 12.3 Å². The predicted octanol–water partition coefficient (Wildman–Crippen LogP) is -0.295. The number of primary amides is 1. The SMILES string of the molecule is NC(=O)[C@H](CCCN=C(N)CF)NC(=O)c1cc[nH]c1. The van der Waals surface area contributed by atoms with E-state index in [-0.39, 0.29) is 18.3 Å². The number of nitrogens with two attached hydrogens (primary N) is 2. The van der Waals surface area contributed by atoms with Crippen LogP contribution in [0.5, 0.6) is 0 Å². The zero-order valence-corrected chi connectivity index (χ0v) is 10.9. The van der Waals surface area contributed by atoms with Gasteiger partial charge in [0.2, 0.25) is 5.91 Å². The molecule has 6 N–H and O–H groups in total. The second-order valence-electron chi connectivity index (χ2n) is 4.18. The minimum absolute atomic E-state index is 0.0861. The summed E-state index contributed by atoms with van der Waals surface area (Å²) in [6, 6.07) is 0.791. The van der Waals surface area contributed by atoms with Crippen molar-refractivity contribution in [2.45, 2.75) is 18.9 Å². The summed E-state index contributed by atoms with van der Waals surface area (Å²) >= 11 is 0. The smallest absolute Gasteiger partial charge is 0.253 e. The Morgan fingerprint density at radius 2 is 2.20 bits per heavy atom. The first-order valence-electron chi connectivity index (χ1n) is 6.12. The summed E-state index contributed by atoms with van der Waals surface area (Å²) in [5.74, 6) is -1.10. The van der Waals surface area contributed by atoms with Crippen LogP contribution < -0.4 is 16.8 Å². The van der Waals surface area contributed by atoms with Crippen LogP contribution in [0.2, 0.25) is 0 Å². The standard InChI is InChI=1S/C12H18FN5O2/c13-6-10(14)17-4-1-2-9(11(15)19)18-12(20)8-3-5-16-7-8/h3,5,7,9,16H,1-2,4,6H2,(H2,14,17)(H2,15,19)(H,18,20)/t9-/m0/s1. The average Bonchev–Trinajstić information content (AvgIpc) is 2.95. The second kappa shape index (κ2) is 7.93. The summed E-state index contributed by atoms with van der Waals surface area (Å²) in [7, 11) is 0. The van der Waals surface area contributed by atoms with Crippen LogP contribution in [-0.2, 0) is 4.79 Å². The molecular formula is C12H18FN5O2. The number of H-pyrrole nitrogens is 1. The molecule has 1 atom stereocenters. The molecule has 0 unspecified atom stereocenters. The van der Waals surface area contributed by atoms with E-state index in [1.165, 1.54) is 6.20 Å². The number of hydrogen-bond donors (Lipinski definition) is 4. The van der Waals surface area contributed by atoms with Crippen molar-refractivity contribution in [1.82, 2.24) is 10.3 Å². The summed E-state index contributed by atoms with van der Waals surface area (Å²) in [5.41, 5.74) is 10.8. The van der Waals surface area contributed by atoms with Gasteiger partial charge in [-0.15, -0.1) is 0 Å². The first-order valence-corrected chi connectivity index (χ1v) is 6.12. The molecule has 0 bridgehead atoms. The van der Waals surface area contributed by atoms with Crippen LogP contribution in [0.3, 0.4) is 0 Å². The molecule has 110 valence electrons. The van der Waals surface area contributed by atoms with Crippen LogP contribution in [0.1, 0.15) is 23.2 Å². The molecule has 0 saturated heterocycles. The Bertz CT molecular complexity index is 472. The number of amides is 2. The molecule has 0 aromatic carbocycles. The van der Waals surface area contributed by atoms with Crippen molar-refractivity contribution >= 4 is 17.6 Å². The molecule has 0 radical (unpaired) electrons. The lowest BCUT2D eigenvalue weighted by atomic mass is 10.1. The van der Waals surface area contributed by atoms with Crippen LogP contribution in [0.4, 0.5) is 4.39 Å². The third-order valence-corrected chi connectivity index (χ3v) is 2.61. The molecule has 0 aliphatic rings. The third kappa shape index (κ3) is 5.09. The molecule has 8 heteroatoms. The van der Waals surface area contributed by atoms with Crippen LogP contribution in [0.15, 0.2) is 23.5 Å². The molecule has 2 amide bonds. The van der Waals surface area contributed by atoms with E-state index >= 15 is 0 Å². The fourth-order valence-corrected chi connectivity index (χ4v) is 1.55. The molecule has 0 saturated carbocycles. The molecular weight excluding hydrogens is 265 g/mol. The van der Waals surface area contributed by atoms with Crippen LogP contribution >= 0.6 is 0 Å². The topological polar surface area (TPSA) is 126 Å². The molecule has 20 heavy (non-hydrogen) atoms. The van der Waals surface area contributed by atoms with Crippen molar-refractivity contribution in [2.75, 3.05) is 13.2 Å². The van der Waals surface area contributed by atoms with Gasteiger partial charge in [-0.05, 0) is 18.9 Å². The normalized spacial score (nSPS) is 12.9. The molecule has 1 aromatic heterocycles. The molecule has 0 aliphatic carbocycles. The number of hydrogen-bond acceptors (Lipinski definition) is 3. The Morgan fingerprint density at radius 1 is 1.45 bits per heavy atom. The fourth-order valence-electron chi connectivity index (χ4n) is 1.55. The largest absolute Gasteiger partial charge is 0.385 e. The zero-order chi connectivity index (χ0) is 15.0. The van der Waals surface area contributed by atoms with Crippen molar-refractivity contribution < 1.29 is 14.0 Å². The number of nitrogens with one attached hydrogen (secondary N) is 2. The van der Waals surface area contributed by atoms with Gasteiger partial charge in [0.15, 0.2) is 0 Å². The average molecular weight is 283 g/mol. The number of aromatic nitrogens is 1. The summed E-state index contributed by atoms with van der Waals surface area (Å²) in [6.45, 7) is -0.525. The fraction of sp³-hybridized carbons (Fsp3) is 0.417. The Balaban J connectivity index is 2.45. The van der Waals surface area contributed by atoms with Gasteiger partial charge in [-0.25, -0.2) is 4.39 Å². The maximum atomic E-state index is 12.0. The van der Waals surface area contributed by atoms with Crippen molar-refractivity contribution in [1.29, 1.82) is 0 Å². The Morgan fingerprint density at radius 3 is 2.75 bits per heavy atom. The lowest BCUT2D eigenvalue weighted by Crippen LogP contribution is -2.44. The number of aromatic amines is 1. The highest BCUT2D eigenvalue weighted by Crippen LogP contribution is 2.02. The first-order chi connectivity index (χ1) is 9.54. The van der Waals surface area contributed by atoms with E-state index in [4.69, 9.17) is 11.5 Å². The summed E-state index contributed by atoms with van der Waals surface area (Å²) < 4.78 is 12.0. The lowest BCUT2D eigenvalue weighted by Gasteiger charge is -2.14. The Kier molecular flexibility index (Phi) is 6.21. The number of alkyl halides is 1. The molecule has 7 nitrogen and oxygen atoms in total. The van der Waals surface area contributed by atoms with Gasteiger partial charge in [0.1, 0.15) is 18.6 Å². The molecule has 1 heterocycles. The highest BCUT2D eigenvalue weighted by Gasteiger charge is 2.18. The van der Waals surface area contributed by atoms with E-state index in [0.29, 0.717) is 18.4 Å². The second-order valence-corrected chi connectivity index (χ2v) is 4.18. The van der Waals surface area contributed by atoms with Gasteiger partial charge in [-0.2, -0.15) is 0 Å². The van der Waals surface area contributed by atoms with Crippen molar-refractivity contribution in [2.24, 2.45) is 16.5 Å². The Hall–Kier alpha value is -2.38. The van der Waals surface area contributed by atoms with Crippen molar-refractivity contribution in [3.63, 3.8) is 0 Å². The summed E-state index contributed by atoms with van der Waals surface area (Å²) in [6.07, 6.45) is 3.89. The van der Waals surface area contributed by atoms with E-state index < -0.39 is 18.6 Å². The summed E-state index contributed by atoms with van der Waals surface area (Å²) in [4.78, 5) is 29.5. The minimum atomic E-state index is -0.802. The highest BCUT2D eigenvalue weighted by atomic mass is 19.1. The van der Waals surface area contributed by atoms with Crippen LogP contribution in [0, 0.1) is 0 Å². The van der Waals surface area contributed by atoms with Gasteiger partial charge >= 0.3 is 0 Å².